The summed E-state index contributed by atoms with van der Waals surface area (Å²) in [5.74, 6) is -0.734. The molecule has 0 radical (unpaired) electrons. The highest BCUT2D eigenvalue weighted by Gasteiger charge is 2.17. The van der Waals surface area contributed by atoms with E-state index in [1.807, 2.05) is 12.1 Å². The quantitative estimate of drug-likeness (QED) is 0.502. The molecule has 3 aromatic heterocycles. The molecule has 0 unspecified atom stereocenters. The standard InChI is InChI=1S/C21H17FN4O2/c1-3-28-21(27)16-12-24-26-10-8-18(25-20(16)26)15-5-4-9-23-19(15)14-6-7-17(22)13(2)11-14/h4-12H,3H2,1-2H3. The highest BCUT2D eigenvalue weighted by atomic mass is 19.1. The zero-order valence-electron chi connectivity index (χ0n) is 15.4. The number of carbonyl (C=O) groups is 1. The van der Waals surface area contributed by atoms with Crippen LogP contribution in [0, 0.1) is 12.7 Å². The second kappa shape index (κ2) is 7.19. The van der Waals surface area contributed by atoms with E-state index >= 15 is 0 Å². The first-order chi connectivity index (χ1) is 13.6. The summed E-state index contributed by atoms with van der Waals surface area (Å²) in [7, 11) is 0. The lowest BCUT2D eigenvalue weighted by Crippen LogP contribution is -2.05. The fraction of sp³-hybridized carbons (Fsp3) is 0.143. The molecule has 0 fully saturated rings. The SMILES string of the molecule is CCOC(=O)c1cnn2ccc(-c3cccnc3-c3ccc(F)c(C)c3)nc12. The molecule has 0 aliphatic heterocycles. The van der Waals surface area contributed by atoms with Gasteiger partial charge in [-0.15, -0.1) is 0 Å². The molecular weight excluding hydrogens is 359 g/mol. The number of benzene rings is 1. The zero-order valence-corrected chi connectivity index (χ0v) is 15.4. The van der Waals surface area contributed by atoms with Gasteiger partial charge in [0.1, 0.15) is 11.4 Å². The molecule has 0 aliphatic rings. The van der Waals surface area contributed by atoms with Crippen molar-refractivity contribution in [2.75, 3.05) is 6.61 Å². The van der Waals surface area contributed by atoms with Crippen LogP contribution in [0.15, 0.2) is 55.0 Å². The Morgan fingerprint density at radius 1 is 1.25 bits per heavy atom. The third-order valence-corrected chi connectivity index (χ3v) is 4.38. The average molecular weight is 376 g/mol. The Hall–Kier alpha value is -3.61. The number of hydrogen-bond donors (Lipinski definition) is 0. The van der Waals surface area contributed by atoms with Crippen LogP contribution >= 0.6 is 0 Å². The number of aromatic nitrogens is 4. The Morgan fingerprint density at radius 3 is 2.89 bits per heavy atom. The molecule has 0 bridgehead atoms. The van der Waals surface area contributed by atoms with Crippen LogP contribution in [0.2, 0.25) is 0 Å². The summed E-state index contributed by atoms with van der Waals surface area (Å²) < 4.78 is 20.3. The second-order valence-electron chi connectivity index (χ2n) is 6.22. The van der Waals surface area contributed by atoms with Gasteiger partial charge in [-0.05, 0) is 55.8 Å². The second-order valence-corrected chi connectivity index (χ2v) is 6.22. The van der Waals surface area contributed by atoms with Gasteiger partial charge in [0.2, 0.25) is 0 Å². The predicted molar refractivity (Wildman–Crippen MR) is 102 cm³/mol. The van der Waals surface area contributed by atoms with Gasteiger partial charge in [0.15, 0.2) is 5.65 Å². The van der Waals surface area contributed by atoms with Crippen molar-refractivity contribution in [2.45, 2.75) is 13.8 Å². The van der Waals surface area contributed by atoms with E-state index in [2.05, 4.69) is 15.1 Å². The van der Waals surface area contributed by atoms with Crippen LogP contribution in [-0.4, -0.2) is 32.2 Å². The lowest BCUT2D eigenvalue weighted by atomic mass is 10.0. The van der Waals surface area contributed by atoms with Gasteiger partial charge in [-0.25, -0.2) is 18.7 Å². The van der Waals surface area contributed by atoms with Gasteiger partial charge in [0.05, 0.1) is 24.2 Å². The maximum atomic E-state index is 13.7. The first-order valence-electron chi connectivity index (χ1n) is 8.82. The minimum atomic E-state index is -0.470. The maximum absolute atomic E-state index is 13.7. The number of carbonyl (C=O) groups excluding carboxylic acids is 1. The van der Waals surface area contributed by atoms with E-state index < -0.39 is 5.97 Å². The topological polar surface area (TPSA) is 69.4 Å². The molecular formula is C21H17FN4O2. The normalized spacial score (nSPS) is 11.0. The van der Waals surface area contributed by atoms with E-state index in [1.165, 1.54) is 16.8 Å². The van der Waals surface area contributed by atoms with E-state index in [0.717, 1.165) is 11.1 Å². The number of nitrogens with zero attached hydrogens (tertiary/aromatic N) is 4. The molecule has 4 aromatic rings. The van der Waals surface area contributed by atoms with Crippen molar-refractivity contribution in [3.05, 3.63) is 71.9 Å². The Balaban J connectivity index is 1.86. The molecule has 3 heterocycles. The minimum Gasteiger partial charge on any atom is -0.462 e. The summed E-state index contributed by atoms with van der Waals surface area (Å²) in [5, 5.41) is 4.15. The zero-order chi connectivity index (χ0) is 19.7. The van der Waals surface area contributed by atoms with Crippen molar-refractivity contribution in [1.82, 2.24) is 19.6 Å². The fourth-order valence-electron chi connectivity index (χ4n) is 3.01. The highest BCUT2D eigenvalue weighted by molar-refractivity contribution is 5.96. The summed E-state index contributed by atoms with van der Waals surface area (Å²) >= 11 is 0. The van der Waals surface area contributed by atoms with E-state index in [0.29, 0.717) is 28.2 Å². The van der Waals surface area contributed by atoms with Gasteiger partial charge in [0, 0.05) is 23.5 Å². The summed E-state index contributed by atoms with van der Waals surface area (Å²) in [4.78, 5) is 21.3. The van der Waals surface area contributed by atoms with Gasteiger partial charge in [-0.3, -0.25) is 4.98 Å². The number of pyridine rings is 1. The Bertz CT molecular complexity index is 1190. The monoisotopic (exact) mass is 376 g/mol. The molecule has 28 heavy (non-hydrogen) atoms. The van der Waals surface area contributed by atoms with Crippen molar-refractivity contribution in [2.24, 2.45) is 0 Å². The molecule has 0 spiro atoms. The van der Waals surface area contributed by atoms with E-state index in [4.69, 9.17) is 4.74 Å². The molecule has 0 saturated carbocycles. The number of esters is 1. The lowest BCUT2D eigenvalue weighted by Gasteiger charge is -2.10. The third kappa shape index (κ3) is 3.11. The van der Waals surface area contributed by atoms with Gasteiger partial charge >= 0.3 is 5.97 Å². The third-order valence-electron chi connectivity index (χ3n) is 4.38. The number of ether oxygens (including phenoxy) is 1. The van der Waals surface area contributed by atoms with Gasteiger partial charge in [-0.2, -0.15) is 5.10 Å². The molecule has 1 aromatic carbocycles. The van der Waals surface area contributed by atoms with Crippen LogP contribution in [0.5, 0.6) is 0 Å². The smallest absolute Gasteiger partial charge is 0.343 e. The molecule has 6 nitrogen and oxygen atoms in total. The number of halogens is 1. The van der Waals surface area contributed by atoms with Gasteiger partial charge in [-0.1, -0.05) is 0 Å². The Labute approximate surface area is 160 Å². The predicted octanol–water partition coefficient (Wildman–Crippen LogP) is 4.08. The van der Waals surface area contributed by atoms with Crippen molar-refractivity contribution in [3.63, 3.8) is 0 Å². The molecule has 0 atom stereocenters. The van der Waals surface area contributed by atoms with Crippen molar-refractivity contribution >= 4 is 11.6 Å². The van der Waals surface area contributed by atoms with E-state index in [-0.39, 0.29) is 12.4 Å². The average Bonchev–Trinajstić information content (AvgIpc) is 3.13. The molecule has 0 saturated heterocycles. The molecule has 0 N–H and O–H groups in total. The van der Waals surface area contributed by atoms with Crippen LogP contribution in [0.4, 0.5) is 4.39 Å². The molecule has 140 valence electrons. The van der Waals surface area contributed by atoms with E-state index in [9.17, 15) is 9.18 Å². The lowest BCUT2D eigenvalue weighted by molar-refractivity contribution is 0.0528. The summed E-state index contributed by atoms with van der Waals surface area (Å²) in [6, 6.07) is 10.4. The van der Waals surface area contributed by atoms with Crippen molar-refractivity contribution in [3.8, 4) is 22.5 Å². The minimum absolute atomic E-state index is 0.265. The number of hydrogen-bond acceptors (Lipinski definition) is 5. The number of fused-ring (bicyclic) bond motifs is 1. The fourth-order valence-corrected chi connectivity index (χ4v) is 3.01. The summed E-state index contributed by atoms with van der Waals surface area (Å²) in [6.45, 7) is 3.73. The number of aryl methyl sites for hydroxylation is 1. The number of rotatable bonds is 4. The molecule has 0 aliphatic carbocycles. The van der Waals surface area contributed by atoms with Crippen LogP contribution in [0.25, 0.3) is 28.2 Å². The maximum Gasteiger partial charge on any atom is 0.343 e. The first kappa shape index (κ1) is 17.8. The summed E-state index contributed by atoms with van der Waals surface area (Å²) in [6.07, 6.45) is 4.85. The van der Waals surface area contributed by atoms with E-state index in [1.54, 1.807) is 44.4 Å². The van der Waals surface area contributed by atoms with Crippen LogP contribution in [0.1, 0.15) is 22.8 Å². The Kier molecular flexibility index (Phi) is 4.57. The largest absolute Gasteiger partial charge is 0.462 e. The van der Waals surface area contributed by atoms with Crippen LogP contribution < -0.4 is 0 Å². The summed E-state index contributed by atoms with van der Waals surface area (Å²) in [5.41, 5.74) is 4.11. The molecule has 7 heteroatoms. The van der Waals surface area contributed by atoms with Crippen molar-refractivity contribution in [1.29, 1.82) is 0 Å². The van der Waals surface area contributed by atoms with Gasteiger partial charge in [0.25, 0.3) is 0 Å². The Morgan fingerprint density at radius 2 is 2.11 bits per heavy atom. The van der Waals surface area contributed by atoms with Crippen LogP contribution in [-0.2, 0) is 4.74 Å². The highest BCUT2D eigenvalue weighted by Crippen LogP contribution is 2.30. The molecule has 0 amide bonds. The van der Waals surface area contributed by atoms with Crippen LogP contribution in [0.3, 0.4) is 0 Å². The molecule has 4 rings (SSSR count). The first-order valence-corrected chi connectivity index (χ1v) is 8.82. The van der Waals surface area contributed by atoms with Crippen molar-refractivity contribution < 1.29 is 13.9 Å². The van der Waals surface area contributed by atoms with Gasteiger partial charge < -0.3 is 4.74 Å².